The molecule has 1 amide bonds. The van der Waals surface area contributed by atoms with E-state index in [4.69, 9.17) is 5.11 Å². The Labute approximate surface area is 147 Å². The van der Waals surface area contributed by atoms with Gasteiger partial charge in [-0.05, 0) is 18.2 Å². The van der Waals surface area contributed by atoms with Gasteiger partial charge in [-0.15, -0.1) is 0 Å². The summed E-state index contributed by atoms with van der Waals surface area (Å²) in [6, 6.07) is 4.88. The Balaban J connectivity index is 1.84. The number of aromatic nitrogens is 3. The van der Waals surface area contributed by atoms with Gasteiger partial charge in [-0.1, -0.05) is 6.07 Å². The van der Waals surface area contributed by atoms with Crippen molar-refractivity contribution in [2.24, 2.45) is 12.1 Å². The molecule has 4 rings (SSSR count). The molecular formula is C18H13N5O3. The van der Waals surface area contributed by atoms with Gasteiger partial charge in [0.05, 0.1) is 17.3 Å². The molecule has 0 spiro atoms. The highest BCUT2D eigenvalue weighted by Crippen LogP contribution is 2.26. The van der Waals surface area contributed by atoms with Crippen molar-refractivity contribution in [3.8, 4) is 0 Å². The first-order chi connectivity index (χ1) is 12.5. The number of carbonyl (C=O) groups excluding carboxylic acids is 1. The first-order valence-corrected chi connectivity index (χ1v) is 7.73. The smallest absolute Gasteiger partial charge is 0.335 e. The predicted octanol–water partition coefficient (Wildman–Crippen LogP) is 1.58. The molecule has 0 bridgehead atoms. The van der Waals surface area contributed by atoms with E-state index in [9.17, 15) is 9.59 Å². The maximum absolute atomic E-state index is 12.2. The Morgan fingerprint density at radius 2 is 2.15 bits per heavy atom. The number of aromatic carboxylic acids is 1. The SMILES string of the molecule is Cn1cc(/C=C2\C(=O)NN=C2c2cnccn2)c2ccc(C(=O)O)cc21. The van der Waals surface area contributed by atoms with Crippen LogP contribution in [-0.4, -0.2) is 37.2 Å². The molecule has 1 aliphatic rings. The second-order valence-electron chi connectivity index (χ2n) is 5.78. The van der Waals surface area contributed by atoms with Crippen LogP contribution in [0.5, 0.6) is 0 Å². The van der Waals surface area contributed by atoms with Crippen molar-refractivity contribution in [3.63, 3.8) is 0 Å². The largest absolute Gasteiger partial charge is 0.478 e. The fourth-order valence-electron chi connectivity index (χ4n) is 2.90. The quantitative estimate of drug-likeness (QED) is 0.699. The van der Waals surface area contributed by atoms with Gasteiger partial charge in [-0.2, -0.15) is 5.10 Å². The first kappa shape index (κ1) is 15.7. The fraction of sp³-hybridized carbons (Fsp3) is 0.0556. The van der Waals surface area contributed by atoms with Crippen LogP contribution in [-0.2, 0) is 11.8 Å². The summed E-state index contributed by atoms with van der Waals surface area (Å²) in [5.74, 6) is -1.31. The van der Waals surface area contributed by atoms with E-state index < -0.39 is 5.97 Å². The summed E-state index contributed by atoms with van der Waals surface area (Å²) in [6.07, 6.45) is 8.17. The molecule has 0 fully saturated rings. The van der Waals surface area contributed by atoms with Crippen LogP contribution in [0.2, 0.25) is 0 Å². The summed E-state index contributed by atoms with van der Waals surface area (Å²) in [7, 11) is 1.82. The number of hydrazone groups is 1. The zero-order chi connectivity index (χ0) is 18.3. The van der Waals surface area contributed by atoms with Gasteiger partial charge in [0.25, 0.3) is 5.91 Å². The summed E-state index contributed by atoms with van der Waals surface area (Å²) >= 11 is 0. The lowest BCUT2D eigenvalue weighted by Crippen LogP contribution is -2.14. The molecule has 128 valence electrons. The molecule has 3 aromatic rings. The van der Waals surface area contributed by atoms with Gasteiger partial charge < -0.3 is 9.67 Å². The van der Waals surface area contributed by atoms with Crippen LogP contribution in [0, 0.1) is 0 Å². The molecule has 26 heavy (non-hydrogen) atoms. The maximum Gasteiger partial charge on any atom is 0.335 e. The topological polar surface area (TPSA) is 109 Å². The van der Waals surface area contributed by atoms with E-state index in [-0.39, 0.29) is 11.5 Å². The third-order valence-corrected chi connectivity index (χ3v) is 4.14. The van der Waals surface area contributed by atoms with Crippen LogP contribution in [0.3, 0.4) is 0 Å². The summed E-state index contributed by atoms with van der Waals surface area (Å²) < 4.78 is 1.82. The van der Waals surface area contributed by atoms with Crippen LogP contribution < -0.4 is 5.43 Å². The minimum atomic E-state index is -0.986. The molecule has 1 aliphatic heterocycles. The molecule has 0 saturated heterocycles. The van der Waals surface area contributed by atoms with Crippen LogP contribution in [0.25, 0.3) is 17.0 Å². The number of hydrogen-bond acceptors (Lipinski definition) is 5. The first-order valence-electron chi connectivity index (χ1n) is 7.73. The van der Waals surface area contributed by atoms with E-state index in [0.717, 1.165) is 16.5 Å². The zero-order valence-electron chi connectivity index (χ0n) is 13.7. The van der Waals surface area contributed by atoms with Gasteiger partial charge in [0.1, 0.15) is 11.4 Å². The Hall–Kier alpha value is -3.81. The molecule has 0 aliphatic carbocycles. The molecule has 0 unspecified atom stereocenters. The van der Waals surface area contributed by atoms with Crippen molar-refractivity contribution >= 4 is 34.6 Å². The third kappa shape index (κ3) is 2.53. The molecule has 1 aromatic carbocycles. The number of benzene rings is 1. The average Bonchev–Trinajstić information content (AvgIpc) is 3.16. The van der Waals surface area contributed by atoms with Crippen molar-refractivity contribution in [1.82, 2.24) is 20.0 Å². The lowest BCUT2D eigenvalue weighted by Gasteiger charge is -2.00. The lowest BCUT2D eigenvalue weighted by molar-refractivity contribution is -0.116. The predicted molar refractivity (Wildman–Crippen MR) is 94.6 cm³/mol. The zero-order valence-corrected chi connectivity index (χ0v) is 13.7. The summed E-state index contributed by atoms with van der Waals surface area (Å²) in [4.78, 5) is 31.6. The number of rotatable bonds is 3. The lowest BCUT2D eigenvalue weighted by atomic mass is 10.0. The Kier molecular flexibility index (Phi) is 3.58. The molecule has 2 N–H and O–H groups in total. The van der Waals surface area contributed by atoms with E-state index in [1.165, 1.54) is 12.4 Å². The molecule has 2 aromatic heterocycles. The average molecular weight is 347 g/mol. The summed E-state index contributed by atoms with van der Waals surface area (Å²) in [5.41, 5.74) is 5.48. The van der Waals surface area contributed by atoms with Crippen molar-refractivity contribution in [1.29, 1.82) is 0 Å². The van der Waals surface area contributed by atoms with Gasteiger partial charge in [-0.3, -0.25) is 14.8 Å². The Bertz CT molecular complexity index is 1110. The van der Waals surface area contributed by atoms with E-state index in [1.54, 1.807) is 30.5 Å². The molecule has 3 heterocycles. The normalized spacial score (nSPS) is 15.3. The number of carbonyl (C=O) groups is 2. The number of aryl methyl sites for hydroxylation is 1. The van der Waals surface area contributed by atoms with E-state index >= 15 is 0 Å². The van der Waals surface area contributed by atoms with E-state index in [0.29, 0.717) is 17.0 Å². The standard InChI is InChI=1S/C18H13N5O3/c1-23-9-11(12-3-2-10(18(25)26)7-15(12)23)6-13-16(21-22-17(13)24)14-8-19-4-5-20-14/h2-9H,1H3,(H,22,24)(H,25,26)/b13-6-. The third-order valence-electron chi connectivity index (χ3n) is 4.14. The van der Waals surface area contributed by atoms with Crippen molar-refractivity contribution in [2.45, 2.75) is 0 Å². The molecule has 0 saturated carbocycles. The van der Waals surface area contributed by atoms with E-state index in [2.05, 4.69) is 20.5 Å². The molecule has 0 atom stereocenters. The van der Waals surface area contributed by atoms with Crippen molar-refractivity contribution < 1.29 is 14.7 Å². The van der Waals surface area contributed by atoms with Crippen LogP contribution in [0.4, 0.5) is 0 Å². The minimum absolute atomic E-state index is 0.207. The number of carboxylic acid groups (broad SMARTS) is 1. The fourth-order valence-corrected chi connectivity index (χ4v) is 2.90. The molecular weight excluding hydrogens is 334 g/mol. The van der Waals surface area contributed by atoms with E-state index in [1.807, 2.05) is 17.8 Å². The van der Waals surface area contributed by atoms with Crippen molar-refractivity contribution in [3.05, 3.63) is 65.4 Å². The Morgan fingerprint density at radius 1 is 1.31 bits per heavy atom. The molecule has 8 heteroatoms. The molecule has 0 radical (unpaired) electrons. The second kappa shape index (κ2) is 5.92. The second-order valence-corrected chi connectivity index (χ2v) is 5.78. The monoisotopic (exact) mass is 347 g/mol. The van der Waals surface area contributed by atoms with Gasteiger partial charge in [-0.25, -0.2) is 10.2 Å². The number of nitrogens with zero attached hydrogens (tertiary/aromatic N) is 4. The summed E-state index contributed by atoms with van der Waals surface area (Å²) in [5, 5.41) is 14.1. The highest BCUT2D eigenvalue weighted by atomic mass is 16.4. The minimum Gasteiger partial charge on any atom is -0.478 e. The van der Waals surface area contributed by atoms with Crippen LogP contribution in [0.15, 0.2) is 53.7 Å². The number of hydrogen-bond donors (Lipinski definition) is 2. The van der Waals surface area contributed by atoms with Gasteiger partial charge >= 0.3 is 5.97 Å². The highest BCUT2D eigenvalue weighted by molar-refractivity contribution is 6.32. The Morgan fingerprint density at radius 3 is 2.88 bits per heavy atom. The maximum atomic E-state index is 12.2. The van der Waals surface area contributed by atoms with Gasteiger partial charge in [0.15, 0.2) is 0 Å². The highest BCUT2D eigenvalue weighted by Gasteiger charge is 2.25. The van der Waals surface area contributed by atoms with Crippen LogP contribution >= 0.6 is 0 Å². The van der Waals surface area contributed by atoms with Gasteiger partial charge in [0.2, 0.25) is 0 Å². The summed E-state index contributed by atoms with van der Waals surface area (Å²) in [6.45, 7) is 0. The van der Waals surface area contributed by atoms with Crippen molar-refractivity contribution in [2.75, 3.05) is 0 Å². The van der Waals surface area contributed by atoms with Gasteiger partial charge in [0, 0.05) is 42.1 Å². The number of fused-ring (bicyclic) bond motifs is 1. The number of nitrogens with one attached hydrogen (secondary N) is 1. The number of carboxylic acids is 1. The molecule has 8 nitrogen and oxygen atoms in total. The van der Waals surface area contributed by atoms with Crippen LogP contribution in [0.1, 0.15) is 21.6 Å². The number of amides is 1.